The highest BCUT2D eigenvalue weighted by Crippen LogP contribution is 2.20. The Kier molecular flexibility index (Phi) is 7.05. The van der Waals surface area contributed by atoms with Crippen molar-refractivity contribution >= 4 is 0 Å². The number of methoxy groups -OCH3 is 1. The van der Waals surface area contributed by atoms with E-state index in [1.54, 1.807) is 7.11 Å². The number of halogens is 2. The Balaban J connectivity index is 2.61. The average Bonchev–Trinajstić information content (AvgIpc) is 2.42. The van der Waals surface area contributed by atoms with Gasteiger partial charge in [0, 0.05) is 31.3 Å². The van der Waals surface area contributed by atoms with Crippen molar-refractivity contribution in [3.05, 3.63) is 35.4 Å². The average molecular weight is 286 g/mol. The Morgan fingerprint density at radius 2 is 2.05 bits per heavy atom. The van der Waals surface area contributed by atoms with Gasteiger partial charge < -0.3 is 10.5 Å². The first-order valence-electron chi connectivity index (χ1n) is 6.93. The maximum atomic E-state index is 13.6. The second kappa shape index (κ2) is 8.29. The summed E-state index contributed by atoms with van der Waals surface area (Å²) in [5, 5.41) is 0. The molecule has 1 aromatic rings. The van der Waals surface area contributed by atoms with Crippen molar-refractivity contribution < 1.29 is 13.5 Å². The van der Waals surface area contributed by atoms with Gasteiger partial charge in [-0.2, -0.15) is 0 Å². The number of nitrogens with two attached hydrogens (primary N) is 1. The van der Waals surface area contributed by atoms with Crippen LogP contribution in [-0.4, -0.2) is 37.7 Å². The molecule has 0 amide bonds. The Hall–Kier alpha value is -1.04. The molecule has 2 unspecified atom stereocenters. The fraction of sp³-hybridized carbons (Fsp3) is 0.600. The lowest BCUT2D eigenvalue weighted by Crippen LogP contribution is -2.37. The van der Waals surface area contributed by atoms with Crippen LogP contribution in [0.2, 0.25) is 0 Å². The Bertz CT molecular complexity index is 415. The lowest BCUT2D eigenvalue weighted by atomic mass is 10.0. The number of hydrogen-bond donors (Lipinski definition) is 1. The van der Waals surface area contributed by atoms with E-state index in [0.29, 0.717) is 13.0 Å². The minimum atomic E-state index is -0.849. The van der Waals surface area contributed by atoms with Crippen LogP contribution in [0.25, 0.3) is 0 Å². The van der Waals surface area contributed by atoms with E-state index in [-0.39, 0.29) is 11.6 Å². The maximum absolute atomic E-state index is 13.6. The number of hydrogen-bond acceptors (Lipinski definition) is 3. The zero-order valence-corrected chi connectivity index (χ0v) is 12.4. The van der Waals surface area contributed by atoms with Crippen molar-refractivity contribution in [2.45, 2.75) is 32.4 Å². The normalized spacial score (nSPS) is 14.6. The van der Waals surface area contributed by atoms with Gasteiger partial charge in [-0.3, -0.25) is 4.90 Å². The molecule has 0 spiro atoms. The zero-order valence-electron chi connectivity index (χ0n) is 12.4. The highest BCUT2D eigenvalue weighted by Gasteiger charge is 2.17. The van der Waals surface area contributed by atoms with Crippen LogP contribution < -0.4 is 5.73 Å². The molecule has 2 N–H and O–H groups in total. The molecular formula is C15H24F2N2O. The summed E-state index contributed by atoms with van der Waals surface area (Å²) >= 11 is 0. The van der Waals surface area contributed by atoms with Crippen LogP contribution in [-0.2, 0) is 4.74 Å². The smallest absolute Gasteiger partial charge is 0.163 e. The van der Waals surface area contributed by atoms with Crippen molar-refractivity contribution in [2.75, 3.05) is 26.8 Å². The van der Waals surface area contributed by atoms with E-state index in [4.69, 9.17) is 10.5 Å². The fourth-order valence-electron chi connectivity index (χ4n) is 2.30. The summed E-state index contributed by atoms with van der Waals surface area (Å²) < 4.78 is 32.0. The van der Waals surface area contributed by atoms with Gasteiger partial charge in [-0.05, 0) is 26.0 Å². The number of rotatable bonds is 8. The van der Waals surface area contributed by atoms with Crippen molar-refractivity contribution in [3.63, 3.8) is 0 Å². The number of nitrogens with zero attached hydrogens (tertiary/aromatic N) is 1. The molecule has 0 fully saturated rings. The SMILES string of the molecule is CCN(CCC(N)c1cccc(F)c1F)C(C)COC. The van der Waals surface area contributed by atoms with Gasteiger partial charge in [-0.25, -0.2) is 8.78 Å². The van der Waals surface area contributed by atoms with Crippen LogP contribution in [0, 0.1) is 11.6 Å². The molecule has 0 aliphatic rings. The van der Waals surface area contributed by atoms with Gasteiger partial charge in [-0.15, -0.1) is 0 Å². The van der Waals surface area contributed by atoms with Crippen molar-refractivity contribution in [3.8, 4) is 0 Å². The zero-order chi connectivity index (χ0) is 15.1. The summed E-state index contributed by atoms with van der Waals surface area (Å²) in [5.41, 5.74) is 6.21. The summed E-state index contributed by atoms with van der Waals surface area (Å²) in [6.45, 7) is 6.35. The fourth-order valence-corrected chi connectivity index (χ4v) is 2.30. The van der Waals surface area contributed by atoms with Gasteiger partial charge >= 0.3 is 0 Å². The van der Waals surface area contributed by atoms with E-state index in [1.807, 2.05) is 0 Å². The number of ether oxygens (including phenoxy) is 1. The van der Waals surface area contributed by atoms with Crippen LogP contribution in [0.4, 0.5) is 8.78 Å². The lowest BCUT2D eigenvalue weighted by Gasteiger charge is -2.28. The standard InChI is InChI=1S/C15H24F2N2O/c1-4-19(11(2)10-20-3)9-8-14(18)12-6-5-7-13(16)15(12)17/h5-7,11,14H,4,8-10,18H2,1-3H3. The van der Waals surface area contributed by atoms with Crippen LogP contribution in [0.3, 0.4) is 0 Å². The number of likely N-dealkylation sites (N-methyl/N-ethyl adjacent to an activating group) is 1. The van der Waals surface area contributed by atoms with E-state index in [1.165, 1.54) is 12.1 Å². The van der Waals surface area contributed by atoms with Crippen LogP contribution >= 0.6 is 0 Å². The van der Waals surface area contributed by atoms with E-state index < -0.39 is 17.7 Å². The van der Waals surface area contributed by atoms with Gasteiger partial charge in [0.05, 0.1) is 6.61 Å². The summed E-state index contributed by atoms with van der Waals surface area (Å²) in [4.78, 5) is 2.21. The molecule has 1 aromatic carbocycles. The van der Waals surface area contributed by atoms with Crippen LogP contribution in [0.1, 0.15) is 31.9 Å². The Morgan fingerprint density at radius 1 is 1.35 bits per heavy atom. The van der Waals surface area contributed by atoms with Crippen molar-refractivity contribution in [1.82, 2.24) is 4.90 Å². The summed E-state index contributed by atoms with van der Waals surface area (Å²) in [7, 11) is 1.66. The molecule has 5 heteroatoms. The molecule has 3 nitrogen and oxygen atoms in total. The summed E-state index contributed by atoms with van der Waals surface area (Å²) in [6.07, 6.45) is 0.572. The second-order valence-corrected chi connectivity index (χ2v) is 4.97. The minimum Gasteiger partial charge on any atom is -0.383 e. The highest BCUT2D eigenvalue weighted by molar-refractivity contribution is 5.22. The molecule has 0 radical (unpaired) electrons. The van der Waals surface area contributed by atoms with Gasteiger partial charge in [0.1, 0.15) is 0 Å². The van der Waals surface area contributed by atoms with E-state index in [2.05, 4.69) is 18.7 Å². The first kappa shape index (κ1) is 17.0. The molecule has 2 atom stereocenters. The molecule has 0 aromatic heterocycles. The maximum Gasteiger partial charge on any atom is 0.163 e. The molecule has 0 bridgehead atoms. The molecule has 0 aliphatic carbocycles. The first-order valence-corrected chi connectivity index (χ1v) is 6.93. The molecule has 0 aliphatic heterocycles. The van der Waals surface area contributed by atoms with Gasteiger partial charge in [-0.1, -0.05) is 19.1 Å². The molecule has 20 heavy (non-hydrogen) atoms. The van der Waals surface area contributed by atoms with Gasteiger partial charge in [0.2, 0.25) is 0 Å². The topological polar surface area (TPSA) is 38.5 Å². The molecule has 1 rings (SSSR count). The van der Waals surface area contributed by atoms with Gasteiger partial charge in [0.15, 0.2) is 11.6 Å². The summed E-state index contributed by atoms with van der Waals surface area (Å²) in [6, 6.07) is 3.89. The summed E-state index contributed by atoms with van der Waals surface area (Å²) in [5.74, 6) is -1.69. The molecule has 0 saturated carbocycles. The van der Waals surface area contributed by atoms with Crippen LogP contribution in [0.5, 0.6) is 0 Å². The Morgan fingerprint density at radius 3 is 2.65 bits per heavy atom. The monoisotopic (exact) mass is 286 g/mol. The third-order valence-corrected chi connectivity index (χ3v) is 3.55. The van der Waals surface area contributed by atoms with E-state index in [0.717, 1.165) is 19.2 Å². The third kappa shape index (κ3) is 4.51. The van der Waals surface area contributed by atoms with E-state index >= 15 is 0 Å². The van der Waals surface area contributed by atoms with Crippen molar-refractivity contribution in [1.29, 1.82) is 0 Å². The predicted octanol–water partition coefficient (Wildman–Crippen LogP) is 2.71. The van der Waals surface area contributed by atoms with Crippen molar-refractivity contribution in [2.24, 2.45) is 5.73 Å². The molecule has 0 heterocycles. The van der Waals surface area contributed by atoms with E-state index in [9.17, 15) is 8.78 Å². The number of benzene rings is 1. The molecular weight excluding hydrogens is 262 g/mol. The Labute approximate surface area is 119 Å². The predicted molar refractivity (Wildman–Crippen MR) is 76.5 cm³/mol. The third-order valence-electron chi connectivity index (χ3n) is 3.55. The minimum absolute atomic E-state index is 0.237. The second-order valence-electron chi connectivity index (χ2n) is 4.97. The van der Waals surface area contributed by atoms with Crippen LogP contribution in [0.15, 0.2) is 18.2 Å². The molecule has 114 valence electrons. The first-order chi connectivity index (χ1) is 9.51. The highest BCUT2D eigenvalue weighted by atomic mass is 19.2. The lowest BCUT2D eigenvalue weighted by molar-refractivity contribution is 0.100. The van der Waals surface area contributed by atoms with Gasteiger partial charge in [0.25, 0.3) is 0 Å². The largest absolute Gasteiger partial charge is 0.383 e. The quantitative estimate of drug-likeness (QED) is 0.798. The molecule has 0 saturated heterocycles.